The summed E-state index contributed by atoms with van der Waals surface area (Å²) in [5.74, 6) is 0.887. The molecular weight excluding hydrogens is 318 g/mol. The Morgan fingerprint density at radius 2 is 1.38 bits per heavy atom. The van der Waals surface area contributed by atoms with Crippen LogP contribution in [-0.2, 0) is 19.7 Å². The van der Waals surface area contributed by atoms with Crippen LogP contribution in [0.1, 0.15) is 16.7 Å². The molecule has 0 radical (unpaired) electrons. The number of hydrogen-bond acceptors (Lipinski definition) is 2. The number of ether oxygens (including phenoxy) is 1. The van der Waals surface area contributed by atoms with Gasteiger partial charge in [-0.05, 0) is 17.7 Å². The van der Waals surface area contributed by atoms with Crippen LogP contribution in [0.2, 0.25) is 5.02 Å². The zero-order valence-corrected chi connectivity index (χ0v) is 14.2. The fraction of sp³-hybridized carbons (Fsp3) is 0.143. The van der Waals surface area contributed by atoms with E-state index in [1.165, 1.54) is 5.56 Å². The van der Waals surface area contributed by atoms with Crippen molar-refractivity contribution in [1.29, 1.82) is 0 Å². The molecule has 0 unspecified atom stereocenters. The van der Waals surface area contributed by atoms with Crippen LogP contribution in [0.5, 0.6) is 5.75 Å². The van der Waals surface area contributed by atoms with E-state index in [1.807, 2.05) is 48.5 Å². The van der Waals surface area contributed by atoms with Crippen LogP contribution in [0.4, 0.5) is 0 Å². The summed E-state index contributed by atoms with van der Waals surface area (Å²) in [6, 6.07) is 26.2. The van der Waals surface area contributed by atoms with Gasteiger partial charge in [-0.3, -0.25) is 0 Å². The number of rotatable bonds is 7. The van der Waals surface area contributed by atoms with Gasteiger partial charge in [-0.1, -0.05) is 78.3 Å². The van der Waals surface area contributed by atoms with Crippen LogP contribution < -0.4 is 10.1 Å². The van der Waals surface area contributed by atoms with Crippen molar-refractivity contribution >= 4 is 11.6 Å². The van der Waals surface area contributed by atoms with Gasteiger partial charge >= 0.3 is 0 Å². The largest absolute Gasteiger partial charge is 0.489 e. The number of nitrogens with one attached hydrogen (secondary N) is 1. The van der Waals surface area contributed by atoms with Crippen molar-refractivity contribution in [3.8, 4) is 5.75 Å². The Morgan fingerprint density at radius 3 is 2.17 bits per heavy atom. The molecule has 0 saturated heterocycles. The van der Waals surface area contributed by atoms with Crippen molar-refractivity contribution in [2.75, 3.05) is 0 Å². The lowest BCUT2D eigenvalue weighted by Gasteiger charge is -2.13. The zero-order valence-electron chi connectivity index (χ0n) is 13.4. The van der Waals surface area contributed by atoms with Crippen LogP contribution >= 0.6 is 11.6 Å². The van der Waals surface area contributed by atoms with E-state index in [2.05, 4.69) is 35.6 Å². The Kier molecular flexibility index (Phi) is 5.89. The molecule has 2 nitrogen and oxygen atoms in total. The third kappa shape index (κ3) is 4.60. The van der Waals surface area contributed by atoms with E-state index >= 15 is 0 Å². The first-order valence-corrected chi connectivity index (χ1v) is 8.39. The number of hydrogen-bond donors (Lipinski definition) is 1. The third-order valence-electron chi connectivity index (χ3n) is 3.80. The van der Waals surface area contributed by atoms with E-state index in [9.17, 15) is 0 Å². The maximum atomic E-state index is 6.19. The molecule has 0 saturated carbocycles. The highest BCUT2D eigenvalue weighted by molar-refractivity contribution is 6.31. The lowest BCUT2D eigenvalue weighted by molar-refractivity contribution is 0.302. The van der Waals surface area contributed by atoms with Crippen molar-refractivity contribution in [3.05, 3.63) is 101 Å². The van der Waals surface area contributed by atoms with Crippen molar-refractivity contribution in [3.63, 3.8) is 0 Å². The minimum atomic E-state index is 0.468. The fourth-order valence-corrected chi connectivity index (χ4v) is 2.69. The average molecular weight is 338 g/mol. The lowest BCUT2D eigenvalue weighted by atomic mass is 10.2. The molecule has 3 aromatic rings. The van der Waals surface area contributed by atoms with Crippen molar-refractivity contribution in [2.45, 2.75) is 19.7 Å². The molecule has 0 aliphatic heterocycles. The smallest absolute Gasteiger partial charge is 0.124 e. The standard InChI is InChI=1S/C21H20ClNO/c22-20-12-6-4-11-19(20)16-24-21-13-7-5-10-18(21)15-23-14-17-8-2-1-3-9-17/h1-13,23H,14-16H2. The van der Waals surface area contributed by atoms with Gasteiger partial charge in [0.25, 0.3) is 0 Å². The quantitative estimate of drug-likeness (QED) is 0.639. The van der Waals surface area contributed by atoms with Gasteiger partial charge in [-0.25, -0.2) is 0 Å². The Balaban J connectivity index is 1.59. The molecule has 1 N–H and O–H groups in total. The van der Waals surface area contributed by atoms with E-state index in [-0.39, 0.29) is 0 Å². The Morgan fingerprint density at radius 1 is 0.708 bits per heavy atom. The normalized spacial score (nSPS) is 10.5. The van der Waals surface area contributed by atoms with Gasteiger partial charge in [0.05, 0.1) is 0 Å². The lowest BCUT2D eigenvalue weighted by Crippen LogP contribution is -2.13. The van der Waals surface area contributed by atoms with Crippen molar-refractivity contribution < 1.29 is 4.74 Å². The van der Waals surface area contributed by atoms with Crippen LogP contribution in [-0.4, -0.2) is 0 Å². The summed E-state index contributed by atoms with van der Waals surface area (Å²) < 4.78 is 5.98. The summed E-state index contributed by atoms with van der Waals surface area (Å²) in [6.07, 6.45) is 0. The first-order chi connectivity index (χ1) is 11.8. The molecular formula is C21H20ClNO. The molecule has 0 amide bonds. The predicted octanol–water partition coefficient (Wildman–Crippen LogP) is 5.21. The van der Waals surface area contributed by atoms with E-state index in [1.54, 1.807) is 0 Å². The van der Waals surface area contributed by atoms with Gasteiger partial charge in [0.15, 0.2) is 0 Å². The number of benzene rings is 3. The Bertz CT molecular complexity index is 774. The van der Waals surface area contributed by atoms with Crippen LogP contribution in [0, 0.1) is 0 Å². The van der Waals surface area contributed by atoms with E-state index in [0.717, 1.165) is 35.0 Å². The summed E-state index contributed by atoms with van der Waals surface area (Å²) in [7, 11) is 0. The van der Waals surface area contributed by atoms with Crippen LogP contribution in [0.3, 0.4) is 0 Å². The molecule has 0 bridgehead atoms. The topological polar surface area (TPSA) is 21.3 Å². The van der Waals surface area contributed by atoms with Gasteiger partial charge in [0.1, 0.15) is 12.4 Å². The molecule has 0 heterocycles. The van der Waals surface area contributed by atoms with Gasteiger partial charge < -0.3 is 10.1 Å². The summed E-state index contributed by atoms with van der Waals surface area (Å²) in [6.45, 7) is 2.06. The zero-order chi connectivity index (χ0) is 16.6. The molecule has 3 aromatic carbocycles. The van der Waals surface area contributed by atoms with E-state index in [0.29, 0.717) is 6.61 Å². The highest BCUT2D eigenvalue weighted by atomic mass is 35.5. The second-order valence-corrected chi connectivity index (χ2v) is 5.98. The van der Waals surface area contributed by atoms with Crippen LogP contribution in [0.25, 0.3) is 0 Å². The Labute approximate surface area is 148 Å². The molecule has 3 rings (SSSR count). The van der Waals surface area contributed by atoms with Gasteiger partial charge in [-0.15, -0.1) is 0 Å². The summed E-state index contributed by atoms with van der Waals surface area (Å²) in [5, 5.41) is 4.20. The highest BCUT2D eigenvalue weighted by Crippen LogP contribution is 2.22. The van der Waals surface area contributed by atoms with Crippen molar-refractivity contribution in [1.82, 2.24) is 5.32 Å². The second kappa shape index (κ2) is 8.53. The minimum Gasteiger partial charge on any atom is -0.489 e. The number of para-hydroxylation sites is 1. The third-order valence-corrected chi connectivity index (χ3v) is 4.17. The molecule has 0 fully saturated rings. The predicted molar refractivity (Wildman–Crippen MR) is 99.2 cm³/mol. The highest BCUT2D eigenvalue weighted by Gasteiger charge is 2.05. The second-order valence-electron chi connectivity index (χ2n) is 5.58. The Hall–Kier alpha value is -2.29. The molecule has 0 aliphatic rings. The van der Waals surface area contributed by atoms with Crippen LogP contribution in [0.15, 0.2) is 78.9 Å². The monoisotopic (exact) mass is 337 g/mol. The molecule has 122 valence electrons. The first kappa shape index (κ1) is 16.6. The maximum absolute atomic E-state index is 6.19. The SMILES string of the molecule is Clc1ccccc1COc1ccccc1CNCc1ccccc1. The van der Waals surface area contributed by atoms with E-state index < -0.39 is 0 Å². The molecule has 24 heavy (non-hydrogen) atoms. The first-order valence-electron chi connectivity index (χ1n) is 8.01. The average Bonchev–Trinajstić information content (AvgIpc) is 2.63. The maximum Gasteiger partial charge on any atom is 0.124 e. The summed E-state index contributed by atoms with van der Waals surface area (Å²) >= 11 is 6.19. The molecule has 0 aliphatic carbocycles. The molecule has 0 spiro atoms. The minimum absolute atomic E-state index is 0.468. The van der Waals surface area contributed by atoms with Gasteiger partial charge in [0, 0.05) is 29.2 Å². The van der Waals surface area contributed by atoms with Gasteiger partial charge in [0.2, 0.25) is 0 Å². The summed E-state index contributed by atoms with van der Waals surface area (Å²) in [5.41, 5.74) is 3.40. The van der Waals surface area contributed by atoms with Crippen molar-refractivity contribution in [2.24, 2.45) is 0 Å². The summed E-state index contributed by atoms with van der Waals surface area (Å²) in [4.78, 5) is 0. The molecule has 0 atom stereocenters. The molecule has 0 aromatic heterocycles. The van der Waals surface area contributed by atoms with E-state index in [4.69, 9.17) is 16.3 Å². The fourth-order valence-electron chi connectivity index (χ4n) is 2.50. The number of halogens is 1. The molecule has 3 heteroatoms. The van der Waals surface area contributed by atoms with Gasteiger partial charge in [-0.2, -0.15) is 0 Å².